The van der Waals surface area contributed by atoms with Gasteiger partial charge in [0.1, 0.15) is 0 Å². The minimum atomic E-state index is -0.0696. The molecule has 0 aromatic rings. The van der Waals surface area contributed by atoms with Gasteiger partial charge in [0, 0.05) is 13.2 Å². The normalized spacial score (nSPS) is 30.6. The summed E-state index contributed by atoms with van der Waals surface area (Å²) in [4.78, 5) is 0. The van der Waals surface area contributed by atoms with Crippen molar-refractivity contribution in [1.82, 2.24) is 0 Å². The molecule has 1 saturated heterocycles. The van der Waals surface area contributed by atoms with Gasteiger partial charge in [0.25, 0.3) is 0 Å². The molecule has 0 spiro atoms. The highest BCUT2D eigenvalue weighted by Crippen LogP contribution is 2.29. The van der Waals surface area contributed by atoms with Crippen LogP contribution in [0, 0.1) is 11.8 Å². The van der Waals surface area contributed by atoms with Crippen LogP contribution < -0.4 is 0 Å². The van der Waals surface area contributed by atoms with Crippen LogP contribution in [0.4, 0.5) is 0 Å². The summed E-state index contributed by atoms with van der Waals surface area (Å²) in [7, 11) is 0. The molecule has 1 saturated carbocycles. The molecule has 88 valence electrons. The van der Waals surface area contributed by atoms with Gasteiger partial charge >= 0.3 is 0 Å². The van der Waals surface area contributed by atoms with Crippen molar-refractivity contribution in [2.75, 3.05) is 13.2 Å². The van der Waals surface area contributed by atoms with Gasteiger partial charge in [-0.25, -0.2) is 0 Å². The van der Waals surface area contributed by atoms with Crippen LogP contribution in [0.3, 0.4) is 0 Å². The lowest BCUT2D eigenvalue weighted by Crippen LogP contribution is -2.19. The third-order valence-electron chi connectivity index (χ3n) is 3.96. The predicted octanol–water partition coefficient (Wildman–Crippen LogP) is 2.74. The molecule has 1 aliphatic carbocycles. The van der Waals surface area contributed by atoms with Gasteiger partial charge in [-0.05, 0) is 31.1 Å². The summed E-state index contributed by atoms with van der Waals surface area (Å²) in [6.45, 7) is 1.78. The molecular formula is C13H24O2. The molecule has 0 amide bonds. The minimum absolute atomic E-state index is 0.0696. The lowest BCUT2D eigenvalue weighted by Gasteiger charge is -2.24. The van der Waals surface area contributed by atoms with Crippen molar-refractivity contribution in [2.24, 2.45) is 11.8 Å². The third kappa shape index (κ3) is 3.76. The van der Waals surface area contributed by atoms with Crippen LogP contribution in [-0.4, -0.2) is 24.4 Å². The van der Waals surface area contributed by atoms with Crippen LogP contribution in [0.2, 0.25) is 0 Å². The minimum Gasteiger partial charge on any atom is -0.393 e. The topological polar surface area (TPSA) is 29.5 Å². The number of aliphatic hydroxyl groups excluding tert-OH is 1. The van der Waals surface area contributed by atoms with Gasteiger partial charge in [0.05, 0.1) is 6.10 Å². The molecule has 0 bridgehead atoms. The summed E-state index contributed by atoms with van der Waals surface area (Å²) >= 11 is 0. The van der Waals surface area contributed by atoms with Crippen molar-refractivity contribution in [2.45, 2.75) is 57.5 Å². The standard InChI is InChI=1S/C13H24O2/c14-13(9-12-6-7-15-10-12)8-11-4-2-1-3-5-11/h11-14H,1-10H2. The Kier molecular flexibility index (Phi) is 4.45. The van der Waals surface area contributed by atoms with E-state index in [1.54, 1.807) is 0 Å². The van der Waals surface area contributed by atoms with E-state index >= 15 is 0 Å². The second kappa shape index (κ2) is 5.86. The number of ether oxygens (including phenoxy) is 1. The summed E-state index contributed by atoms with van der Waals surface area (Å²) in [5.74, 6) is 1.43. The summed E-state index contributed by atoms with van der Waals surface area (Å²) in [5.41, 5.74) is 0. The highest BCUT2D eigenvalue weighted by Gasteiger charge is 2.22. The average Bonchev–Trinajstić information content (AvgIpc) is 2.71. The molecular weight excluding hydrogens is 188 g/mol. The van der Waals surface area contributed by atoms with E-state index in [9.17, 15) is 5.11 Å². The predicted molar refractivity (Wildman–Crippen MR) is 60.7 cm³/mol. The second-order valence-corrected chi connectivity index (χ2v) is 5.36. The van der Waals surface area contributed by atoms with E-state index in [0.29, 0.717) is 5.92 Å². The zero-order valence-electron chi connectivity index (χ0n) is 9.66. The van der Waals surface area contributed by atoms with Crippen molar-refractivity contribution in [1.29, 1.82) is 0 Å². The van der Waals surface area contributed by atoms with E-state index in [1.807, 2.05) is 0 Å². The Hall–Kier alpha value is -0.0800. The quantitative estimate of drug-likeness (QED) is 0.776. The Morgan fingerprint density at radius 2 is 1.73 bits per heavy atom. The van der Waals surface area contributed by atoms with Crippen molar-refractivity contribution in [3.05, 3.63) is 0 Å². The number of rotatable bonds is 4. The van der Waals surface area contributed by atoms with Gasteiger partial charge in [-0.1, -0.05) is 32.1 Å². The fourth-order valence-electron chi connectivity index (χ4n) is 3.06. The first-order chi connectivity index (χ1) is 7.34. The average molecular weight is 212 g/mol. The molecule has 1 heterocycles. The van der Waals surface area contributed by atoms with E-state index in [2.05, 4.69) is 0 Å². The summed E-state index contributed by atoms with van der Waals surface area (Å²) in [6, 6.07) is 0. The molecule has 2 atom stereocenters. The molecule has 15 heavy (non-hydrogen) atoms. The summed E-state index contributed by atoms with van der Waals surface area (Å²) in [6.07, 6.45) is 9.95. The molecule has 2 fully saturated rings. The Labute approximate surface area is 93.0 Å². The lowest BCUT2D eigenvalue weighted by molar-refractivity contribution is 0.0981. The SMILES string of the molecule is OC(CC1CCCCC1)CC1CCOC1. The van der Waals surface area contributed by atoms with Crippen LogP contribution >= 0.6 is 0 Å². The van der Waals surface area contributed by atoms with E-state index in [-0.39, 0.29) is 6.10 Å². The zero-order chi connectivity index (χ0) is 10.5. The molecule has 2 heteroatoms. The van der Waals surface area contributed by atoms with Crippen LogP contribution in [0.1, 0.15) is 51.4 Å². The lowest BCUT2D eigenvalue weighted by atomic mass is 9.84. The number of aliphatic hydroxyl groups is 1. The highest BCUT2D eigenvalue weighted by atomic mass is 16.5. The maximum absolute atomic E-state index is 10.0. The molecule has 0 radical (unpaired) electrons. The summed E-state index contributed by atoms with van der Waals surface area (Å²) in [5, 5.41) is 10.0. The first-order valence-electron chi connectivity index (χ1n) is 6.60. The van der Waals surface area contributed by atoms with Crippen molar-refractivity contribution in [3.8, 4) is 0 Å². The van der Waals surface area contributed by atoms with Gasteiger partial charge in [-0.15, -0.1) is 0 Å². The molecule has 1 N–H and O–H groups in total. The molecule has 2 unspecified atom stereocenters. The van der Waals surface area contributed by atoms with Crippen LogP contribution in [0.25, 0.3) is 0 Å². The van der Waals surface area contributed by atoms with Gasteiger partial charge in [0.2, 0.25) is 0 Å². The van der Waals surface area contributed by atoms with E-state index < -0.39 is 0 Å². The maximum Gasteiger partial charge on any atom is 0.0546 e. The Morgan fingerprint density at radius 3 is 2.40 bits per heavy atom. The monoisotopic (exact) mass is 212 g/mol. The van der Waals surface area contributed by atoms with Crippen molar-refractivity contribution < 1.29 is 9.84 Å². The largest absolute Gasteiger partial charge is 0.393 e. The Morgan fingerprint density at radius 1 is 1.00 bits per heavy atom. The molecule has 0 aromatic heterocycles. The molecule has 2 aliphatic rings. The van der Waals surface area contributed by atoms with Crippen LogP contribution in [0.5, 0.6) is 0 Å². The number of hydrogen-bond acceptors (Lipinski definition) is 2. The first-order valence-corrected chi connectivity index (χ1v) is 6.60. The second-order valence-electron chi connectivity index (χ2n) is 5.36. The zero-order valence-corrected chi connectivity index (χ0v) is 9.66. The van der Waals surface area contributed by atoms with Crippen LogP contribution in [-0.2, 0) is 4.74 Å². The third-order valence-corrected chi connectivity index (χ3v) is 3.96. The number of hydrogen-bond donors (Lipinski definition) is 1. The van der Waals surface area contributed by atoms with Gasteiger partial charge < -0.3 is 9.84 Å². The Balaban J connectivity index is 1.64. The molecule has 1 aliphatic heterocycles. The van der Waals surface area contributed by atoms with E-state index in [0.717, 1.165) is 38.4 Å². The smallest absolute Gasteiger partial charge is 0.0546 e. The van der Waals surface area contributed by atoms with Crippen molar-refractivity contribution >= 4 is 0 Å². The van der Waals surface area contributed by atoms with E-state index in [1.165, 1.54) is 32.1 Å². The molecule has 2 nitrogen and oxygen atoms in total. The van der Waals surface area contributed by atoms with E-state index in [4.69, 9.17) is 4.74 Å². The maximum atomic E-state index is 10.0. The van der Waals surface area contributed by atoms with Gasteiger partial charge in [0.15, 0.2) is 0 Å². The van der Waals surface area contributed by atoms with Gasteiger partial charge in [-0.3, -0.25) is 0 Å². The van der Waals surface area contributed by atoms with Gasteiger partial charge in [-0.2, -0.15) is 0 Å². The van der Waals surface area contributed by atoms with Crippen LogP contribution in [0.15, 0.2) is 0 Å². The summed E-state index contributed by atoms with van der Waals surface area (Å²) < 4.78 is 5.34. The molecule has 2 rings (SSSR count). The Bertz CT molecular complexity index is 169. The fourth-order valence-corrected chi connectivity index (χ4v) is 3.06. The molecule has 0 aromatic carbocycles. The fraction of sp³-hybridized carbons (Fsp3) is 1.00. The van der Waals surface area contributed by atoms with Crippen molar-refractivity contribution in [3.63, 3.8) is 0 Å². The first kappa shape index (κ1) is 11.4. The highest BCUT2D eigenvalue weighted by molar-refractivity contribution is 4.73.